The van der Waals surface area contributed by atoms with Gasteiger partial charge in [-0.15, -0.1) is 0 Å². The number of rotatable bonds is 4. The molecular formula is C12H13BrClNO4S. The largest absolute Gasteiger partial charge is 0.481 e. The molecule has 110 valence electrons. The number of hydrogen-bond acceptors (Lipinski definition) is 3. The van der Waals surface area contributed by atoms with Crippen molar-refractivity contribution in [3.8, 4) is 0 Å². The van der Waals surface area contributed by atoms with Crippen LogP contribution in [0.15, 0.2) is 27.6 Å². The van der Waals surface area contributed by atoms with E-state index in [9.17, 15) is 13.2 Å². The molecule has 8 heteroatoms. The highest BCUT2D eigenvalue weighted by Crippen LogP contribution is 2.36. The van der Waals surface area contributed by atoms with E-state index in [-0.39, 0.29) is 10.9 Å². The summed E-state index contributed by atoms with van der Waals surface area (Å²) in [6.07, 6.45) is 0.687. The van der Waals surface area contributed by atoms with E-state index in [0.717, 1.165) is 0 Å². The summed E-state index contributed by atoms with van der Waals surface area (Å²) in [5, 5.41) is 9.28. The SMILES string of the molecule is CN(C1CC(C(=O)O)C1)S(=O)(=O)c1ccc(Cl)cc1Br. The smallest absolute Gasteiger partial charge is 0.306 e. The minimum atomic E-state index is -3.66. The molecule has 0 amide bonds. The summed E-state index contributed by atoms with van der Waals surface area (Å²) >= 11 is 8.99. The van der Waals surface area contributed by atoms with Crippen LogP contribution >= 0.6 is 27.5 Å². The average Bonchev–Trinajstić information content (AvgIpc) is 2.25. The maximum absolute atomic E-state index is 12.5. The van der Waals surface area contributed by atoms with Gasteiger partial charge < -0.3 is 5.11 Å². The highest BCUT2D eigenvalue weighted by atomic mass is 79.9. The third-order valence-corrected chi connectivity index (χ3v) is 6.65. The number of benzene rings is 1. The van der Waals surface area contributed by atoms with Crippen LogP contribution < -0.4 is 0 Å². The summed E-state index contributed by atoms with van der Waals surface area (Å²) in [5.41, 5.74) is 0. The van der Waals surface area contributed by atoms with E-state index in [1.165, 1.54) is 29.6 Å². The lowest BCUT2D eigenvalue weighted by Crippen LogP contribution is -2.47. The molecule has 1 aromatic rings. The molecule has 5 nitrogen and oxygen atoms in total. The molecule has 1 saturated carbocycles. The minimum absolute atomic E-state index is 0.128. The number of nitrogens with zero attached hydrogens (tertiary/aromatic N) is 1. The molecule has 20 heavy (non-hydrogen) atoms. The molecule has 0 unspecified atom stereocenters. The predicted octanol–water partition coefficient (Wildman–Crippen LogP) is 2.59. The van der Waals surface area contributed by atoms with Crippen LogP contribution in [-0.2, 0) is 14.8 Å². The molecule has 0 aromatic heterocycles. The van der Waals surface area contributed by atoms with Gasteiger partial charge in [0.05, 0.1) is 10.8 Å². The highest BCUT2D eigenvalue weighted by Gasteiger charge is 2.41. The number of aliphatic carboxylic acids is 1. The topological polar surface area (TPSA) is 74.7 Å². The first-order valence-corrected chi connectivity index (χ1v) is 8.50. The van der Waals surface area contributed by atoms with Gasteiger partial charge in [0.2, 0.25) is 10.0 Å². The zero-order chi connectivity index (χ0) is 15.1. The van der Waals surface area contributed by atoms with Crippen LogP contribution in [0.25, 0.3) is 0 Å². The predicted molar refractivity (Wildman–Crippen MR) is 78.2 cm³/mol. The molecule has 1 aromatic carbocycles. The molecule has 0 atom stereocenters. The Balaban J connectivity index is 2.21. The van der Waals surface area contributed by atoms with Crippen LogP contribution in [-0.4, -0.2) is 36.9 Å². The third-order valence-electron chi connectivity index (χ3n) is 3.53. The average molecular weight is 383 g/mol. The van der Waals surface area contributed by atoms with E-state index in [1.54, 1.807) is 0 Å². The standard InChI is InChI=1S/C12H13BrClNO4S/c1-15(9-4-7(5-9)12(16)17)20(18,19)11-3-2-8(14)6-10(11)13/h2-3,6-7,9H,4-5H2,1H3,(H,16,17). The monoisotopic (exact) mass is 381 g/mol. The number of sulfonamides is 1. The quantitative estimate of drug-likeness (QED) is 0.868. The third kappa shape index (κ3) is 2.86. The van der Waals surface area contributed by atoms with E-state index in [1.807, 2.05) is 0 Å². The zero-order valence-corrected chi connectivity index (χ0v) is 13.7. The highest BCUT2D eigenvalue weighted by molar-refractivity contribution is 9.10. The molecule has 0 saturated heterocycles. The van der Waals surface area contributed by atoms with E-state index in [0.29, 0.717) is 22.3 Å². The van der Waals surface area contributed by atoms with Gasteiger partial charge in [0.1, 0.15) is 0 Å². The summed E-state index contributed by atoms with van der Waals surface area (Å²) in [6.45, 7) is 0. The van der Waals surface area contributed by atoms with Gasteiger partial charge in [-0.25, -0.2) is 8.42 Å². The van der Waals surface area contributed by atoms with Crippen molar-refractivity contribution in [2.75, 3.05) is 7.05 Å². The number of hydrogen-bond donors (Lipinski definition) is 1. The summed E-state index contributed by atoms with van der Waals surface area (Å²) < 4.78 is 26.6. The van der Waals surface area contributed by atoms with Crippen LogP contribution in [0.1, 0.15) is 12.8 Å². The molecule has 0 aliphatic heterocycles. The Hall–Kier alpha value is -0.630. The van der Waals surface area contributed by atoms with Crippen molar-refractivity contribution in [2.45, 2.75) is 23.8 Å². The Labute approximate surface area is 130 Å². The number of halogens is 2. The molecule has 2 rings (SSSR count). The fourth-order valence-corrected chi connectivity index (χ4v) is 4.84. The normalized spacial score (nSPS) is 22.6. The van der Waals surface area contributed by atoms with Gasteiger partial charge in [-0.1, -0.05) is 11.6 Å². The van der Waals surface area contributed by atoms with E-state index >= 15 is 0 Å². The lowest BCUT2D eigenvalue weighted by Gasteiger charge is -2.38. The Morgan fingerprint density at radius 2 is 2.05 bits per heavy atom. The molecule has 1 aliphatic rings. The van der Waals surface area contributed by atoms with Gasteiger partial charge in [-0.05, 0) is 47.0 Å². The molecule has 0 spiro atoms. The number of carboxylic acid groups (broad SMARTS) is 1. The van der Waals surface area contributed by atoms with Gasteiger partial charge in [0.15, 0.2) is 0 Å². The second-order valence-corrected chi connectivity index (χ2v) is 8.01. The first kappa shape index (κ1) is 15.8. The lowest BCUT2D eigenvalue weighted by atomic mass is 9.80. The Bertz CT molecular complexity index is 643. The second kappa shape index (κ2) is 5.63. The van der Waals surface area contributed by atoms with Crippen molar-refractivity contribution < 1.29 is 18.3 Å². The fraction of sp³-hybridized carbons (Fsp3) is 0.417. The van der Waals surface area contributed by atoms with Crippen LogP contribution in [0.2, 0.25) is 5.02 Å². The maximum Gasteiger partial charge on any atom is 0.306 e. The first-order chi connectivity index (χ1) is 9.23. The minimum Gasteiger partial charge on any atom is -0.481 e. The van der Waals surface area contributed by atoms with Crippen LogP contribution in [0.4, 0.5) is 0 Å². The lowest BCUT2D eigenvalue weighted by molar-refractivity contribution is -0.146. The summed E-state index contributed by atoms with van der Waals surface area (Å²) in [7, 11) is -2.19. The molecule has 0 bridgehead atoms. The van der Waals surface area contributed by atoms with Gasteiger partial charge in [0, 0.05) is 22.6 Å². The van der Waals surface area contributed by atoms with Gasteiger partial charge in [-0.3, -0.25) is 4.79 Å². The number of carboxylic acids is 1. The van der Waals surface area contributed by atoms with Gasteiger partial charge in [-0.2, -0.15) is 4.31 Å². The van der Waals surface area contributed by atoms with Crippen molar-refractivity contribution in [3.63, 3.8) is 0 Å². The Morgan fingerprint density at radius 1 is 1.45 bits per heavy atom. The van der Waals surface area contributed by atoms with E-state index in [2.05, 4.69) is 15.9 Å². The van der Waals surface area contributed by atoms with Crippen LogP contribution in [0.3, 0.4) is 0 Å². The molecule has 0 heterocycles. The fourth-order valence-electron chi connectivity index (χ4n) is 2.12. The molecular weight excluding hydrogens is 370 g/mol. The molecule has 1 aliphatic carbocycles. The molecule has 1 fully saturated rings. The zero-order valence-electron chi connectivity index (χ0n) is 10.6. The van der Waals surface area contributed by atoms with Crippen molar-refractivity contribution >= 4 is 43.5 Å². The summed E-state index contributed by atoms with van der Waals surface area (Å²) in [4.78, 5) is 10.9. The Kier molecular flexibility index (Phi) is 4.44. The van der Waals surface area contributed by atoms with Crippen LogP contribution in [0.5, 0.6) is 0 Å². The van der Waals surface area contributed by atoms with Crippen molar-refractivity contribution in [2.24, 2.45) is 5.92 Å². The van der Waals surface area contributed by atoms with Crippen molar-refractivity contribution in [1.82, 2.24) is 4.31 Å². The van der Waals surface area contributed by atoms with E-state index in [4.69, 9.17) is 16.7 Å². The second-order valence-electron chi connectivity index (χ2n) is 4.76. The van der Waals surface area contributed by atoms with E-state index < -0.39 is 21.9 Å². The molecule has 0 radical (unpaired) electrons. The van der Waals surface area contributed by atoms with Gasteiger partial charge in [0.25, 0.3) is 0 Å². The Morgan fingerprint density at radius 3 is 2.55 bits per heavy atom. The van der Waals surface area contributed by atoms with Gasteiger partial charge >= 0.3 is 5.97 Å². The summed E-state index contributed by atoms with van der Waals surface area (Å²) in [6, 6.07) is 4.19. The van der Waals surface area contributed by atoms with Crippen molar-refractivity contribution in [1.29, 1.82) is 0 Å². The van der Waals surface area contributed by atoms with Crippen LogP contribution in [0, 0.1) is 5.92 Å². The first-order valence-electron chi connectivity index (χ1n) is 5.89. The summed E-state index contributed by atoms with van der Waals surface area (Å²) in [5.74, 6) is -1.33. The number of carbonyl (C=O) groups is 1. The molecule has 1 N–H and O–H groups in total. The maximum atomic E-state index is 12.5. The van der Waals surface area contributed by atoms with Crippen molar-refractivity contribution in [3.05, 3.63) is 27.7 Å².